The van der Waals surface area contributed by atoms with Crippen molar-refractivity contribution in [1.82, 2.24) is 9.66 Å². The summed E-state index contributed by atoms with van der Waals surface area (Å²) >= 11 is 0. The Labute approximate surface area is 108 Å². The molecule has 0 bridgehead atoms. The van der Waals surface area contributed by atoms with Crippen molar-refractivity contribution in [3.05, 3.63) is 66.2 Å². The fraction of sp³-hybridized carbons (Fsp3) is 0. The van der Waals surface area contributed by atoms with Crippen LogP contribution in [0.2, 0.25) is 0 Å². The van der Waals surface area contributed by atoms with Crippen molar-refractivity contribution < 1.29 is 9.18 Å². The Morgan fingerprint density at radius 1 is 1.11 bits per heavy atom. The van der Waals surface area contributed by atoms with Crippen LogP contribution in [0.5, 0.6) is 0 Å². The van der Waals surface area contributed by atoms with Gasteiger partial charge in [-0.2, -0.15) is 0 Å². The molecule has 0 aliphatic carbocycles. The Balaban J connectivity index is 1.94. The van der Waals surface area contributed by atoms with E-state index in [1.807, 2.05) is 24.3 Å². The van der Waals surface area contributed by atoms with Gasteiger partial charge in [0.15, 0.2) is 0 Å². The predicted octanol–water partition coefficient (Wildman–Crippen LogP) is 2.56. The van der Waals surface area contributed by atoms with Gasteiger partial charge in [0.05, 0.1) is 16.6 Å². The fourth-order valence-electron chi connectivity index (χ4n) is 1.86. The molecule has 0 unspecified atom stereocenters. The molecule has 0 saturated carbocycles. The smallest absolute Gasteiger partial charge is 0.267 e. The van der Waals surface area contributed by atoms with Gasteiger partial charge in [0.2, 0.25) is 0 Å². The number of carbonyl (C=O) groups is 1. The maximum Gasteiger partial charge on any atom is 0.273 e. The number of hydrogen-bond donors (Lipinski definition) is 1. The number of hydrogen-bond acceptors (Lipinski definition) is 2. The number of aromatic nitrogens is 2. The molecule has 3 aromatic rings. The highest BCUT2D eigenvalue weighted by atomic mass is 19.1. The van der Waals surface area contributed by atoms with Crippen molar-refractivity contribution in [3.8, 4) is 0 Å². The Kier molecular flexibility index (Phi) is 2.72. The Bertz CT molecular complexity index is 751. The van der Waals surface area contributed by atoms with E-state index >= 15 is 0 Å². The molecule has 0 spiro atoms. The zero-order valence-corrected chi connectivity index (χ0v) is 9.88. The average Bonchev–Trinajstić information content (AvgIpc) is 2.83. The molecule has 0 aliphatic heterocycles. The summed E-state index contributed by atoms with van der Waals surface area (Å²) in [4.78, 5) is 16.1. The number of nitrogens with zero attached hydrogens (tertiary/aromatic N) is 2. The maximum atomic E-state index is 13.5. The monoisotopic (exact) mass is 255 g/mol. The highest BCUT2D eigenvalue weighted by molar-refractivity contribution is 6.00. The molecule has 1 amide bonds. The molecule has 1 aromatic heterocycles. The molecule has 4 nitrogen and oxygen atoms in total. The van der Waals surface area contributed by atoms with Crippen molar-refractivity contribution >= 4 is 16.9 Å². The van der Waals surface area contributed by atoms with E-state index in [1.165, 1.54) is 23.1 Å². The summed E-state index contributed by atoms with van der Waals surface area (Å²) in [5.74, 6) is -1.06. The minimum absolute atomic E-state index is 0.000260. The van der Waals surface area contributed by atoms with E-state index < -0.39 is 11.7 Å². The quantitative estimate of drug-likeness (QED) is 0.765. The van der Waals surface area contributed by atoms with Crippen LogP contribution in [0.15, 0.2) is 54.9 Å². The summed E-state index contributed by atoms with van der Waals surface area (Å²) in [7, 11) is 0. The lowest BCUT2D eigenvalue weighted by Gasteiger charge is -2.07. The molecular formula is C14H10FN3O. The van der Waals surface area contributed by atoms with Crippen LogP contribution in [-0.2, 0) is 0 Å². The number of amides is 1. The first-order valence-corrected chi connectivity index (χ1v) is 5.74. The van der Waals surface area contributed by atoms with Gasteiger partial charge in [-0.05, 0) is 24.3 Å². The van der Waals surface area contributed by atoms with Crippen LogP contribution in [-0.4, -0.2) is 15.6 Å². The van der Waals surface area contributed by atoms with Gasteiger partial charge < -0.3 is 0 Å². The first kappa shape index (κ1) is 11.4. The molecule has 0 fully saturated rings. The molecule has 0 atom stereocenters. The number of nitrogens with one attached hydrogen (secondary N) is 1. The van der Waals surface area contributed by atoms with E-state index in [-0.39, 0.29) is 5.56 Å². The van der Waals surface area contributed by atoms with Gasteiger partial charge in [-0.15, -0.1) is 0 Å². The van der Waals surface area contributed by atoms with Crippen LogP contribution in [0.25, 0.3) is 11.0 Å². The molecule has 1 N–H and O–H groups in total. The average molecular weight is 255 g/mol. The molecule has 94 valence electrons. The lowest BCUT2D eigenvalue weighted by Crippen LogP contribution is -2.22. The summed E-state index contributed by atoms with van der Waals surface area (Å²) in [6.07, 6.45) is 1.49. The molecular weight excluding hydrogens is 245 g/mol. The SMILES string of the molecule is O=C(Nn1cnc2ccccc21)c1ccccc1F. The molecule has 0 radical (unpaired) electrons. The topological polar surface area (TPSA) is 46.9 Å². The van der Waals surface area contributed by atoms with Crippen molar-refractivity contribution in [2.45, 2.75) is 0 Å². The van der Waals surface area contributed by atoms with E-state index in [0.717, 1.165) is 11.0 Å². The number of imidazole rings is 1. The number of carbonyl (C=O) groups excluding carboxylic acids is 1. The Morgan fingerprint density at radius 3 is 2.68 bits per heavy atom. The zero-order chi connectivity index (χ0) is 13.2. The van der Waals surface area contributed by atoms with Crippen LogP contribution < -0.4 is 5.43 Å². The minimum atomic E-state index is -0.551. The standard InChI is InChI=1S/C14H10FN3O/c15-11-6-2-1-5-10(11)14(19)17-18-9-16-12-7-3-4-8-13(12)18/h1-9H,(H,17,19). The lowest BCUT2D eigenvalue weighted by molar-refractivity contribution is 0.100. The van der Waals surface area contributed by atoms with Crippen molar-refractivity contribution in [1.29, 1.82) is 0 Å². The molecule has 5 heteroatoms. The van der Waals surface area contributed by atoms with E-state index in [1.54, 1.807) is 12.1 Å². The minimum Gasteiger partial charge on any atom is -0.267 e. The van der Waals surface area contributed by atoms with Gasteiger partial charge in [-0.25, -0.2) is 14.1 Å². The number of fused-ring (bicyclic) bond motifs is 1. The second-order valence-electron chi connectivity index (χ2n) is 4.02. The molecule has 2 aromatic carbocycles. The highest BCUT2D eigenvalue weighted by Gasteiger charge is 2.12. The Morgan fingerprint density at radius 2 is 1.84 bits per heavy atom. The highest BCUT2D eigenvalue weighted by Crippen LogP contribution is 2.11. The fourth-order valence-corrected chi connectivity index (χ4v) is 1.86. The van der Waals surface area contributed by atoms with Crippen LogP contribution in [0.1, 0.15) is 10.4 Å². The first-order valence-electron chi connectivity index (χ1n) is 5.74. The first-order chi connectivity index (χ1) is 9.25. The van der Waals surface area contributed by atoms with E-state index in [9.17, 15) is 9.18 Å². The number of benzene rings is 2. The second-order valence-corrected chi connectivity index (χ2v) is 4.02. The normalized spacial score (nSPS) is 10.6. The third-order valence-corrected chi connectivity index (χ3v) is 2.79. The van der Waals surface area contributed by atoms with Gasteiger partial charge in [0.25, 0.3) is 5.91 Å². The number of rotatable bonds is 2. The third-order valence-electron chi connectivity index (χ3n) is 2.79. The summed E-state index contributed by atoms with van der Waals surface area (Å²) in [5, 5.41) is 0. The summed E-state index contributed by atoms with van der Waals surface area (Å²) in [6, 6.07) is 13.2. The van der Waals surface area contributed by atoms with Gasteiger partial charge in [0.1, 0.15) is 12.1 Å². The van der Waals surface area contributed by atoms with E-state index in [0.29, 0.717) is 0 Å². The molecule has 1 heterocycles. The molecule has 3 rings (SSSR count). The predicted molar refractivity (Wildman–Crippen MR) is 69.8 cm³/mol. The van der Waals surface area contributed by atoms with Crippen LogP contribution in [0.4, 0.5) is 4.39 Å². The molecule has 0 saturated heterocycles. The van der Waals surface area contributed by atoms with Gasteiger partial charge in [0, 0.05) is 0 Å². The third kappa shape index (κ3) is 2.06. The second kappa shape index (κ2) is 4.53. The molecule has 0 aliphatic rings. The summed E-state index contributed by atoms with van der Waals surface area (Å²) in [5.41, 5.74) is 4.11. The van der Waals surface area contributed by atoms with Crippen LogP contribution >= 0.6 is 0 Å². The van der Waals surface area contributed by atoms with Crippen molar-refractivity contribution in [2.24, 2.45) is 0 Å². The van der Waals surface area contributed by atoms with Crippen molar-refractivity contribution in [2.75, 3.05) is 5.43 Å². The van der Waals surface area contributed by atoms with Gasteiger partial charge in [-0.3, -0.25) is 10.2 Å². The lowest BCUT2D eigenvalue weighted by atomic mass is 10.2. The zero-order valence-electron chi connectivity index (χ0n) is 9.88. The van der Waals surface area contributed by atoms with Crippen molar-refractivity contribution in [3.63, 3.8) is 0 Å². The largest absolute Gasteiger partial charge is 0.273 e. The number of halogens is 1. The maximum absolute atomic E-state index is 13.5. The van der Waals surface area contributed by atoms with E-state index in [4.69, 9.17) is 0 Å². The van der Waals surface area contributed by atoms with Crippen LogP contribution in [0.3, 0.4) is 0 Å². The van der Waals surface area contributed by atoms with Crippen LogP contribution in [0, 0.1) is 5.82 Å². The van der Waals surface area contributed by atoms with Gasteiger partial charge >= 0.3 is 0 Å². The van der Waals surface area contributed by atoms with Gasteiger partial charge in [-0.1, -0.05) is 24.3 Å². The number of para-hydroxylation sites is 2. The summed E-state index contributed by atoms with van der Waals surface area (Å²) in [6.45, 7) is 0. The van der Waals surface area contributed by atoms with E-state index in [2.05, 4.69) is 10.4 Å². The molecule has 19 heavy (non-hydrogen) atoms. The Hall–Kier alpha value is -2.69. The summed E-state index contributed by atoms with van der Waals surface area (Å²) < 4.78 is 15.0.